The second kappa shape index (κ2) is 3.85. The lowest BCUT2D eigenvalue weighted by molar-refractivity contribution is 0.0696. The average Bonchev–Trinajstić information content (AvgIpc) is 1.99. The Kier molecular flexibility index (Phi) is 2.94. The Bertz CT molecular complexity index is 497. The van der Waals surface area contributed by atoms with Gasteiger partial charge in [-0.2, -0.15) is 0 Å². The second-order valence-electron chi connectivity index (χ2n) is 2.91. The molecular formula is C8H8FNO4S. The van der Waals surface area contributed by atoms with Gasteiger partial charge in [0.25, 0.3) is 0 Å². The standard InChI is InChI=1S/C8H8FNO4S/c1-15(13,14)10-7-3-5(8(11)12)2-6(9)4-7/h2-4,10H,1H3,(H,11,12). The Labute approximate surface area is 85.6 Å². The van der Waals surface area contributed by atoms with Crippen LogP contribution in [0.25, 0.3) is 0 Å². The predicted octanol–water partition coefficient (Wildman–Crippen LogP) is 0.895. The number of anilines is 1. The van der Waals surface area contributed by atoms with Gasteiger partial charge in [-0.15, -0.1) is 0 Å². The van der Waals surface area contributed by atoms with E-state index in [0.717, 1.165) is 24.5 Å². The maximum absolute atomic E-state index is 12.9. The maximum atomic E-state index is 12.9. The van der Waals surface area contributed by atoms with Crippen molar-refractivity contribution in [2.24, 2.45) is 0 Å². The molecule has 0 aliphatic carbocycles. The number of carboxylic acid groups (broad SMARTS) is 1. The molecule has 0 unspecified atom stereocenters. The van der Waals surface area contributed by atoms with E-state index in [1.165, 1.54) is 0 Å². The molecule has 0 spiro atoms. The van der Waals surface area contributed by atoms with Crippen molar-refractivity contribution in [3.63, 3.8) is 0 Å². The van der Waals surface area contributed by atoms with E-state index in [9.17, 15) is 17.6 Å². The van der Waals surface area contributed by atoms with Crippen LogP contribution in [0.3, 0.4) is 0 Å². The number of rotatable bonds is 3. The second-order valence-corrected chi connectivity index (χ2v) is 4.66. The molecule has 0 fully saturated rings. The van der Waals surface area contributed by atoms with Gasteiger partial charge < -0.3 is 5.11 Å². The highest BCUT2D eigenvalue weighted by Crippen LogP contribution is 2.15. The van der Waals surface area contributed by atoms with Crippen molar-refractivity contribution < 1.29 is 22.7 Å². The van der Waals surface area contributed by atoms with E-state index in [1.807, 2.05) is 4.72 Å². The maximum Gasteiger partial charge on any atom is 0.335 e. The van der Waals surface area contributed by atoms with Gasteiger partial charge in [-0.25, -0.2) is 17.6 Å². The highest BCUT2D eigenvalue weighted by molar-refractivity contribution is 7.92. The first kappa shape index (κ1) is 11.4. The van der Waals surface area contributed by atoms with Crippen LogP contribution in [-0.4, -0.2) is 25.7 Å². The monoisotopic (exact) mass is 233 g/mol. The number of benzene rings is 1. The molecule has 1 aromatic rings. The number of hydrogen-bond donors (Lipinski definition) is 2. The number of carbonyl (C=O) groups is 1. The summed E-state index contributed by atoms with van der Waals surface area (Å²) in [4.78, 5) is 10.5. The zero-order valence-electron chi connectivity index (χ0n) is 7.69. The zero-order valence-corrected chi connectivity index (χ0v) is 8.51. The topological polar surface area (TPSA) is 83.5 Å². The van der Waals surface area contributed by atoms with Crippen LogP contribution >= 0.6 is 0 Å². The highest BCUT2D eigenvalue weighted by Gasteiger charge is 2.09. The van der Waals surface area contributed by atoms with Crippen LogP contribution in [0.1, 0.15) is 10.4 Å². The first-order chi connectivity index (χ1) is 6.78. The van der Waals surface area contributed by atoms with Crippen LogP contribution in [0.15, 0.2) is 18.2 Å². The van der Waals surface area contributed by atoms with Gasteiger partial charge >= 0.3 is 5.97 Å². The van der Waals surface area contributed by atoms with E-state index in [1.54, 1.807) is 0 Å². The van der Waals surface area contributed by atoms with Crippen molar-refractivity contribution >= 4 is 21.7 Å². The first-order valence-corrected chi connectivity index (χ1v) is 5.69. The van der Waals surface area contributed by atoms with Crippen molar-refractivity contribution in [1.29, 1.82) is 0 Å². The molecule has 5 nitrogen and oxygen atoms in total. The van der Waals surface area contributed by atoms with Crippen LogP contribution in [0.5, 0.6) is 0 Å². The molecule has 0 heterocycles. The average molecular weight is 233 g/mol. The van der Waals surface area contributed by atoms with Crippen LogP contribution in [0.2, 0.25) is 0 Å². The Morgan fingerprint density at radius 3 is 2.47 bits per heavy atom. The third kappa shape index (κ3) is 3.55. The van der Waals surface area contributed by atoms with E-state index < -0.39 is 21.8 Å². The van der Waals surface area contributed by atoms with Crippen LogP contribution < -0.4 is 4.72 Å². The van der Waals surface area contributed by atoms with Gasteiger partial charge in [-0.05, 0) is 18.2 Å². The van der Waals surface area contributed by atoms with E-state index in [4.69, 9.17) is 5.11 Å². The SMILES string of the molecule is CS(=O)(=O)Nc1cc(F)cc(C(=O)O)c1. The smallest absolute Gasteiger partial charge is 0.335 e. The van der Waals surface area contributed by atoms with Gasteiger partial charge in [-0.3, -0.25) is 4.72 Å². The molecule has 0 amide bonds. The zero-order chi connectivity index (χ0) is 11.6. The van der Waals surface area contributed by atoms with Crippen molar-refractivity contribution in [3.05, 3.63) is 29.6 Å². The molecule has 15 heavy (non-hydrogen) atoms. The molecule has 1 rings (SSSR count). The first-order valence-electron chi connectivity index (χ1n) is 3.79. The summed E-state index contributed by atoms with van der Waals surface area (Å²) in [6.45, 7) is 0. The van der Waals surface area contributed by atoms with Crippen LogP contribution in [0.4, 0.5) is 10.1 Å². The van der Waals surface area contributed by atoms with Crippen molar-refractivity contribution in [2.75, 3.05) is 11.0 Å². The molecule has 82 valence electrons. The molecule has 0 aliphatic rings. The molecule has 2 N–H and O–H groups in total. The number of sulfonamides is 1. The van der Waals surface area contributed by atoms with Crippen LogP contribution in [0, 0.1) is 5.82 Å². The molecule has 1 aromatic carbocycles. The molecule has 0 bridgehead atoms. The minimum absolute atomic E-state index is 0.116. The normalized spacial score (nSPS) is 11.1. The summed E-state index contributed by atoms with van der Waals surface area (Å²) in [6.07, 6.45) is 0.887. The van der Waals surface area contributed by atoms with E-state index in [2.05, 4.69) is 0 Å². The van der Waals surface area contributed by atoms with Gasteiger partial charge in [0, 0.05) is 0 Å². The molecule has 0 aliphatic heterocycles. The summed E-state index contributed by atoms with van der Waals surface area (Å²) in [7, 11) is -3.55. The van der Waals surface area contributed by atoms with Gasteiger partial charge in [0.1, 0.15) is 5.82 Å². The number of hydrogen-bond acceptors (Lipinski definition) is 3. The van der Waals surface area contributed by atoms with Crippen molar-refractivity contribution in [2.45, 2.75) is 0 Å². The van der Waals surface area contributed by atoms with E-state index in [0.29, 0.717) is 0 Å². The van der Waals surface area contributed by atoms with Crippen molar-refractivity contribution in [1.82, 2.24) is 0 Å². The summed E-state index contributed by atoms with van der Waals surface area (Å²) in [5.41, 5.74) is -0.434. The quantitative estimate of drug-likeness (QED) is 0.812. The molecule has 0 radical (unpaired) electrons. The van der Waals surface area contributed by atoms with E-state index >= 15 is 0 Å². The number of nitrogens with one attached hydrogen (secondary N) is 1. The third-order valence-electron chi connectivity index (χ3n) is 1.45. The Hall–Kier alpha value is -1.63. The van der Waals surface area contributed by atoms with Gasteiger partial charge in [-0.1, -0.05) is 0 Å². The fourth-order valence-electron chi connectivity index (χ4n) is 0.986. The molecule has 0 saturated heterocycles. The van der Waals surface area contributed by atoms with Gasteiger partial charge in [0.15, 0.2) is 0 Å². The summed E-state index contributed by atoms with van der Waals surface area (Å²) >= 11 is 0. The summed E-state index contributed by atoms with van der Waals surface area (Å²) < 4.78 is 36.5. The summed E-state index contributed by atoms with van der Waals surface area (Å²) in [5, 5.41) is 8.59. The summed E-state index contributed by atoms with van der Waals surface area (Å²) in [6, 6.07) is 2.73. The molecule has 0 saturated carbocycles. The van der Waals surface area contributed by atoms with Crippen molar-refractivity contribution in [3.8, 4) is 0 Å². The third-order valence-corrected chi connectivity index (χ3v) is 2.05. The van der Waals surface area contributed by atoms with Gasteiger partial charge in [0.2, 0.25) is 10.0 Å². The lowest BCUT2D eigenvalue weighted by atomic mass is 10.2. The Morgan fingerprint density at radius 1 is 1.40 bits per heavy atom. The molecular weight excluding hydrogens is 225 g/mol. The van der Waals surface area contributed by atoms with Crippen LogP contribution in [-0.2, 0) is 10.0 Å². The van der Waals surface area contributed by atoms with Gasteiger partial charge in [0.05, 0.1) is 17.5 Å². The predicted molar refractivity (Wildman–Crippen MR) is 51.8 cm³/mol. The number of carboxylic acids is 1. The Balaban J connectivity index is 3.15. The minimum atomic E-state index is -3.55. The largest absolute Gasteiger partial charge is 0.478 e. The fraction of sp³-hybridized carbons (Fsp3) is 0.125. The minimum Gasteiger partial charge on any atom is -0.478 e. The Morgan fingerprint density at radius 2 is 2.00 bits per heavy atom. The number of aromatic carboxylic acids is 1. The molecule has 0 aromatic heterocycles. The van der Waals surface area contributed by atoms with E-state index in [-0.39, 0.29) is 11.3 Å². The lowest BCUT2D eigenvalue weighted by Crippen LogP contribution is -2.10. The lowest BCUT2D eigenvalue weighted by Gasteiger charge is -2.04. The number of halogens is 1. The molecule has 0 atom stereocenters. The molecule has 7 heteroatoms. The highest BCUT2D eigenvalue weighted by atomic mass is 32.2. The fourth-order valence-corrected chi connectivity index (χ4v) is 1.53. The summed E-state index contributed by atoms with van der Waals surface area (Å²) in [5.74, 6) is -2.15.